The highest BCUT2D eigenvalue weighted by Crippen LogP contribution is 2.28. The zero-order valence-corrected chi connectivity index (χ0v) is 19.4. The molecule has 1 saturated heterocycles. The summed E-state index contributed by atoms with van der Waals surface area (Å²) < 4.78 is 26.3. The molecule has 3 aromatic rings. The van der Waals surface area contributed by atoms with Crippen molar-refractivity contribution >= 4 is 11.8 Å². The van der Waals surface area contributed by atoms with Gasteiger partial charge in [-0.05, 0) is 35.4 Å². The quantitative estimate of drug-likeness (QED) is 0.558. The van der Waals surface area contributed by atoms with Crippen LogP contribution in [0, 0.1) is 5.82 Å². The van der Waals surface area contributed by atoms with E-state index in [1.807, 2.05) is 24.3 Å². The van der Waals surface area contributed by atoms with Gasteiger partial charge in [-0.2, -0.15) is 0 Å². The highest BCUT2D eigenvalue weighted by molar-refractivity contribution is 5.93. The fourth-order valence-corrected chi connectivity index (χ4v) is 4.44. The molecule has 10 heteroatoms. The molecule has 0 radical (unpaired) electrons. The first-order valence-electron chi connectivity index (χ1n) is 11.5. The van der Waals surface area contributed by atoms with Crippen LogP contribution < -0.4 is 4.74 Å². The lowest BCUT2D eigenvalue weighted by molar-refractivity contribution is -0.131. The Kier molecular flexibility index (Phi) is 6.45. The van der Waals surface area contributed by atoms with E-state index in [9.17, 15) is 14.0 Å². The van der Waals surface area contributed by atoms with Gasteiger partial charge in [-0.3, -0.25) is 9.59 Å². The molecule has 0 spiro atoms. The normalized spacial score (nSPS) is 17.7. The van der Waals surface area contributed by atoms with E-state index >= 15 is 0 Å². The number of ether oxygens (including phenoxy) is 2. The summed E-state index contributed by atoms with van der Waals surface area (Å²) in [4.78, 5) is 29.2. The Bertz CT molecular complexity index is 1220. The van der Waals surface area contributed by atoms with E-state index in [0.29, 0.717) is 44.0 Å². The summed E-state index contributed by atoms with van der Waals surface area (Å²) in [6.45, 7) is 2.32. The van der Waals surface area contributed by atoms with Gasteiger partial charge in [-0.1, -0.05) is 29.5 Å². The van der Waals surface area contributed by atoms with Crippen molar-refractivity contribution in [1.29, 1.82) is 0 Å². The van der Waals surface area contributed by atoms with Crippen LogP contribution in [-0.4, -0.2) is 69.9 Å². The van der Waals surface area contributed by atoms with Crippen molar-refractivity contribution in [3.63, 3.8) is 0 Å². The topological polar surface area (TPSA) is 89.8 Å². The van der Waals surface area contributed by atoms with Crippen LogP contribution in [0.15, 0.2) is 48.5 Å². The van der Waals surface area contributed by atoms with Gasteiger partial charge in [-0.15, -0.1) is 5.10 Å². The summed E-state index contributed by atoms with van der Waals surface area (Å²) in [6, 6.07) is 13.7. The van der Waals surface area contributed by atoms with Crippen molar-refractivity contribution in [2.24, 2.45) is 0 Å². The Labute approximate surface area is 202 Å². The van der Waals surface area contributed by atoms with Gasteiger partial charge in [0.25, 0.3) is 5.91 Å². The fraction of sp³-hybridized carbons (Fsp3) is 0.360. The first-order valence-corrected chi connectivity index (χ1v) is 11.5. The number of hydrogen-bond acceptors (Lipinski definition) is 6. The summed E-state index contributed by atoms with van der Waals surface area (Å²) in [5.74, 6) is 0.119. The number of carbonyl (C=O) groups is 2. The summed E-state index contributed by atoms with van der Waals surface area (Å²) in [5.41, 5.74) is 2.58. The highest BCUT2D eigenvalue weighted by Gasteiger charge is 2.32. The van der Waals surface area contributed by atoms with Crippen LogP contribution in [0.5, 0.6) is 5.75 Å². The Morgan fingerprint density at radius 2 is 1.83 bits per heavy atom. The minimum atomic E-state index is -0.359. The number of benzene rings is 2. The standard InChI is InChI=1S/C25H26FN5O4/c1-34-20-7-5-18(6-8-20)22-15-31-21(16-35-22)24(27-28-31)25(33)30-11-9-29(10-12-30)23(32)14-17-3-2-4-19(26)13-17/h2-8,13,22H,9-12,14-16H2,1H3/t22-/m0/s1. The second-order valence-corrected chi connectivity index (χ2v) is 8.62. The van der Waals surface area contributed by atoms with Gasteiger partial charge < -0.3 is 19.3 Å². The van der Waals surface area contributed by atoms with Crippen molar-refractivity contribution in [3.8, 4) is 5.75 Å². The smallest absolute Gasteiger partial charge is 0.276 e. The molecule has 2 aliphatic heterocycles. The third-order valence-electron chi connectivity index (χ3n) is 6.45. The molecule has 3 heterocycles. The number of halogens is 1. The zero-order chi connectivity index (χ0) is 24.4. The molecule has 35 heavy (non-hydrogen) atoms. The molecule has 2 amide bonds. The minimum absolute atomic E-state index is 0.0817. The summed E-state index contributed by atoms with van der Waals surface area (Å²) in [7, 11) is 1.62. The number of piperazine rings is 1. The first kappa shape index (κ1) is 23.0. The van der Waals surface area contributed by atoms with Gasteiger partial charge in [-0.25, -0.2) is 9.07 Å². The molecule has 0 bridgehead atoms. The number of nitrogens with zero attached hydrogens (tertiary/aromatic N) is 5. The minimum Gasteiger partial charge on any atom is -0.497 e. The van der Waals surface area contributed by atoms with Crippen molar-refractivity contribution in [1.82, 2.24) is 24.8 Å². The van der Waals surface area contributed by atoms with Crippen molar-refractivity contribution in [3.05, 3.63) is 76.9 Å². The average Bonchev–Trinajstić information content (AvgIpc) is 3.32. The van der Waals surface area contributed by atoms with Crippen LogP contribution >= 0.6 is 0 Å². The molecule has 9 nitrogen and oxygen atoms in total. The molecule has 2 aliphatic rings. The molecule has 2 aromatic carbocycles. The van der Waals surface area contributed by atoms with Crippen LogP contribution in [0.3, 0.4) is 0 Å². The van der Waals surface area contributed by atoms with Crippen LogP contribution in [-0.2, 0) is 29.1 Å². The second kappa shape index (κ2) is 9.83. The van der Waals surface area contributed by atoms with Gasteiger partial charge in [0.05, 0.1) is 32.4 Å². The molecule has 0 saturated carbocycles. The SMILES string of the molecule is COc1ccc([C@@H]2Cn3nnc(C(=O)N4CCN(C(=O)Cc5cccc(F)c5)CC4)c3CO2)cc1. The van der Waals surface area contributed by atoms with E-state index in [-0.39, 0.29) is 42.5 Å². The third kappa shape index (κ3) is 4.88. The molecule has 182 valence electrons. The van der Waals surface area contributed by atoms with Gasteiger partial charge >= 0.3 is 0 Å². The third-order valence-corrected chi connectivity index (χ3v) is 6.45. The molecule has 1 aromatic heterocycles. The van der Waals surface area contributed by atoms with E-state index in [1.165, 1.54) is 12.1 Å². The van der Waals surface area contributed by atoms with Gasteiger partial charge in [0.15, 0.2) is 5.69 Å². The zero-order valence-electron chi connectivity index (χ0n) is 19.4. The van der Waals surface area contributed by atoms with Crippen LogP contribution in [0.4, 0.5) is 4.39 Å². The van der Waals surface area contributed by atoms with Crippen molar-refractivity contribution < 1.29 is 23.5 Å². The molecule has 1 atom stereocenters. The highest BCUT2D eigenvalue weighted by atomic mass is 19.1. The molecular weight excluding hydrogens is 453 g/mol. The first-order chi connectivity index (χ1) is 17.0. The predicted molar refractivity (Wildman–Crippen MR) is 123 cm³/mol. The molecular formula is C25H26FN5O4. The lowest BCUT2D eigenvalue weighted by Gasteiger charge is -2.34. The predicted octanol–water partition coefficient (Wildman–Crippen LogP) is 2.22. The maximum Gasteiger partial charge on any atom is 0.276 e. The van der Waals surface area contributed by atoms with E-state index in [1.54, 1.807) is 33.7 Å². The van der Waals surface area contributed by atoms with Crippen LogP contribution in [0.1, 0.15) is 33.4 Å². The Morgan fingerprint density at radius 1 is 1.09 bits per heavy atom. The molecule has 5 rings (SSSR count). The van der Waals surface area contributed by atoms with Crippen molar-refractivity contribution in [2.45, 2.75) is 25.7 Å². The molecule has 1 fully saturated rings. The van der Waals surface area contributed by atoms with Gasteiger partial charge in [0.2, 0.25) is 5.91 Å². The lowest BCUT2D eigenvalue weighted by atomic mass is 10.1. The molecule has 0 unspecified atom stereocenters. The van der Waals surface area contributed by atoms with Gasteiger partial charge in [0.1, 0.15) is 17.7 Å². The van der Waals surface area contributed by atoms with Crippen molar-refractivity contribution in [2.75, 3.05) is 33.3 Å². The largest absolute Gasteiger partial charge is 0.497 e. The van der Waals surface area contributed by atoms with E-state index in [2.05, 4.69) is 10.3 Å². The fourth-order valence-electron chi connectivity index (χ4n) is 4.44. The summed E-state index contributed by atoms with van der Waals surface area (Å²) >= 11 is 0. The van der Waals surface area contributed by atoms with Gasteiger partial charge in [0, 0.05) is 26.2 Å². The number of carbonyl (C=O) groups excluding carboxylic acids is 2. The number of hydrogen-bond donors (Lipinski definition) is 0. The number of rotatable bonds is 5. The summed E-state index contributed by atoms with van der Waals surface area (Å²) in [5, 5.41) is 8.35. The summed E-state index contributed by atoms with van der Waals surface area (Å²) in [6.07, 6.45) is -0.0534. The monoisotopic (exact) mass is 479 g/mol. The van der Waals surface area contributed by atoms with Crippen LogP contribution in [0.2, 0.25) is 0 Å². The maximum atomic E-state index is 13.4. The number of methoxy groups -OCH3 is 1. The molecule has 0 aliphatic carbocycles. The Morgan fingerprint density at radius 3 is 2.54 bits per heavy atom. The number of fused-ring (bicyclic) bond motifs is 1. The van der Waals surface area contributed by atoms with E-state index in [4.69, 9.17) is 9.47 Å². The lowest BCUT2D eigenvalue weighted by Crippen LogP contribution is -2.51. The van der Waals surface area contributed by atoms with Crippen LogP contribution in [0.25, 0.3) is 0 Å². The Hall–Kier alpha value is -3.79. The second-order valence-electron chi connectivity index (χ2n) is 8.62. The van der Waals surface area contributed by atoms with E-state index < -0.39 is 0 Å². The Balaban J connectivity index is 1.18. The average molecular weight is 480 g/mol. The molecule has 0 N–H and O–H groups in total. The maximum absolute atomic E-state index is 13.4. The number of amides is 2. The van der Waals surface area contributed by atoms with E-state index in [0.717, 1.165) is 11.3 Å². The number of aromatic nitrogens is 3.